The number of rotatable bonds is 12. The van der Waals surface area contributed by atoms with Crippen molar-refractivity contribution in [3.63, 3.8) is 0 Å². The molecular formula is C48H72N8O6. The van der Waals surface area contributed by atoms with Crippen LogP contribution in [0.4, 0.5) is 0 Å². The molecule has 14 heteroatoms. The van der Waals surface area contributed by atoms with Gasteiger partial charge in [0.1, 0.15) is 12.1 Å². The number of carbonyl (C=O) groups is 4. The molecule has 5 heterocycles. The van der Waals surface area contributed by atoms with Crippen molar-refractivity contribution in [2.45, 2.75) is 114 Å². The Labute approximate surface area is 369 Å². The lowest BCUT2D eigenvalue weighted by Crippen LogP contribution is -2.60. The quantitative estimate of drug-likeness (QED) is 0.250. The first-order valence-corrected chi connectivity index (χ1v) is 23.5. The van der Waals surface area contributed by atoms with E-state index >= 15 is 0 Å². The summed E-state index contributed by atoms with van der Waals surface area (Å²) < 4.78 is 13.6. The molecule has 0 aromatic heterocycles. The minimum Gasteiger partial charge on any atom is -0.374 e. The normalized spacial score (nSPS) is 30.1. The van der Waals surface area contributed by atoms with Crippen LogP contribution in [0.15, 0.2) is 60.7 Å². The summed E-state index contributed by atoms with van der Waals surface area (Å²) in [5.41, 5.74) is 2.56. The smallest absolute Gasteiger partial charge is 0.245 e. The maximum Gasteiger partial charge on any atom is 0.245 e. The van der Waals surface area contributed by atoms with Gasteiger partial charge in [0.2, 0.25) is 23.6 Å². The first-order valence-electron chi connectivity index (χ1n) is 23.5. The van der Waals surface area contributed by atoms with Gasteiger partial charge in [-0.05, 0) is 77.6 Å². The molecule has 0 radical (unpaired) electrons. The third kappa shape index (κ3) is 11.4. The molecule has 4 amide bonds. The van der Waals surface area contributed by atoms with E-state index < -0.39 is 24.2 Å². The van der Waals surface area contributed by atoms with Crippen molar-refractivity contribution in [1.29, 1.82) is 0 Å². The van der Waals surface area contributed by atoms with E-state index in [1.807, 2.05) is 21.9 Å². The zero-order valence-electron chi connectivity index (χ0n) is 37.5. The van der Waals surface area contributed by atoms with Gasteiger partial charge in [0.25, 0.3) is 0 Å². The highest BCUT2D eigenvalue weighted by Crippen LogP contribution is 2.36. The number of nitrogens with zero attached hydrogens (tertiary/aromatic N) is 4. The van der Waals surface area contributed by atoms with Crippen LogP contribution in [0.2, 0.25) is 0 Å². The van der Waals surface area contributed by atoms with Crippen LogP contribution in [-0.2, 0) is 41.5 Å². The molecule has 8 bridgehead atoms. The number of piperidine rings is 2. The molecule has 0 saturated carbocycles. The number of ether oxygens (including phenoxy) is 2. The fraction of sp³-hybridized carbons (Fsp3) is 0.667. The highest BCUT2D eigenvalue weighted by atomic mass is 16.5. The molecule has 0 aliphatic carbocycles. The number of amides is 4. The molecule has 62 heavy (non-hydrogen) atoms. The van der Waals surface area contributed by atoms with Crippen LogP contribution in [0.1, 0.15) is 63.5 Å². The van der Waals surface area contributed by atoms with Crippen molar-refractivity contribution in [2.24, 2.45) is 11.8 Å². The molecule has 5 aliphatic rings. The van der Waals surface area contributed by atoms with Crippen LogP contribution in [0, 0.1) is 11.8 Å². The predicted octanol–water partition coefficient (Wildman–Crippen LogP) is 2.07. The maximum absolute atomic E-state index is 14.7. The second-order valence-electron chi connectivity index (χ2n) is 18.3. The molecule has 5 aliphatic heterocycles. The lowest BCUT2D eigenvalue weighted by molar-refractivity contribution is -0.142. The molecule has 340 valence electrons. The average Bonchev–Trinajstić information content (AvgIpc) is 3.94. The molecule has 7 rings (SSSR count). The second kappa shape index (κ2) is 22.1. The molecule has 0 spiro atoms. The summed E-state index contributed by atoms with van der Waals surface area (Å²) in [7, 11) is 3.47. The van der Waals surface area contributed by atoms with Crippen molar-refractivity contribution in [3.8, 4) is 0 Å². The Bertz CT molecular complexity index is 1640. The fourth-order valence-electron chi connectivity index (χ4n) is 10.5. The van der Waals surface area contributed by atoms with Crippen LogP contribution >= 0.6 is 0 Å². The van der Waals surface area contributed by atoms with Gasteiger partial charge in [0, 0.05) is 76.3 Å². The summed E-state index contributed by atoms with van der Waals surface area (Å²) in [4.78, 5) is 65.1. The van der Waals surface area contributed by atoms with Crippen LogP contribution in [0.5, 0.6) is 0 Å². The SMILES string of the molecule is CN[C@@H](C)C(=O)N[C@H]1CCCC[C@H](NC(=O)[C@H](C)NC)C(=O)N2CC[C@H]3C(CN(CCc4ccccc4)C[C@H]32)OCCOC2CN(CCc3ccccc3)C[C@@H]3[C@H]2CCN3C1=O. The molecule has 4 N–H and O–H groups in total. The van der Waals surface area contributed by atoms with Crippen LogP contribution < -0.4 is 21.3 Å². The van der Waals surface area contributed by atoms with Crippen molar-refractivity contribution in [1.82, 2.24) is 40.9 Å². The van der Waals surface area contributed by atoms with E-state index in [4.69, 9.17) is 9.47 Å². The van der Waals surface area contributed by atoms with Gasteiger partial charge in [-0.2, -0.15) is 0 Å². The predicted molar refractivity (Wildman–Crippen MR) is 239 cm³/mol. The van der Waals surface area contributed by atoms with E-state index in [-0.39, 0.29) is 59.8 Å². The molecule has 2 aromatic carbocycles. The van der Waals surface area contributed by atoms with E-state index in [1.54, 1.807) is 27.9 Å². The Hall–Kier alpha value is -3.92. The molecule has 5 saturated heterocycles. The van der Waals surface area contributed by atoms with Gasteiger partial charge >= 0.3 is 0 Å². The Morgan fingerprint density at radius 2 is 1.02 bits per heavy atom. The Morgan fingerprint density at radius 3 is 1.40 bits per heavy atom. The van der Waals surface area contributed by atoms with Gasteiger partial charge in [-0.3, -0.25) is 29.0 Å². The van der Waals surface area contributed by atoms with Crippen molar-refractivity contribution in [2.75, 3.05) is 79.7 Å². The molecule has 10 atom stereocenters. The first-order chi connectivity index (χ1) is 30.1. The lowest BCUT2D eigenvalue weighted by Gasteiger charge is -2.44. The first kappa shape index (κ1) is 46.1. The number of hydrogen-bond acceptors (Lipinski definition) is 10. The van der Waals surface area contributed by atoms with E-state index in [0.29, 0.717) is 52.0 Å². The number of likely N-dealkylation sites (tertiary alicyclic amines) is 2. The zero-order chi connectivity index (χ0) is 43.6. The highest BCUT2D eigenvalue weighted by Gasteiger charge is 2.49. The van der Waals surface area contributed by atoms with Crippen LogP contribution in [0.3, 0.4) is 0 Å². The Balaban J connectivity index is 1.15. The third-order valence-electron chi connectivity index (χ3n) is 14.5. The van der Waals surface area contributed by atoms with E-state index in [1.165, 1.54) is 11.1 Å². The highest BCUT2D eigenvalue weighted by molar-refractivity contribution is 5.90. The summed E-state index contributed by atoms with van der Waals surface area (Å²) in [5.74, 6) is -0.218. The summed E-state index contributed by atoms with van der Waals surface area (Å²) in [5, 5.41) is 12.2. The number of hydrogen-bond donors (Lipinski definition) is 4. The Kier molecular flexibility index (Phi) is 16.4. The summed E-state index contributed by atoms with van der Waals surface area (Å²) in [6, 6.07) is 18.6. The molecule has 2 aromatic rings. The zero-order valence-corrected chi connectivity index (χ0v) is 37.5. The number of benzene rings is 2. The van der Waals surface area contributed by atoms with Gasteiger partial charge < -0.3 is 40.5 Å². The number of nitrogens with one attached hydrogen (secondary N) is 4. The third-order valence-corrected chi connectivity index (χ3v) is 14.5. The van der Waals surface area contributed by atoms with E-state index in [2.05, 4.69) is 79.6 Å². The van der Waals surface area contributed by atoms with Gasteiger partial charge in [0.05, 0.1) is 37.5 Å². The fourth-order valence-corrected chi connectivity index (χ4v) is 10.5. The largest absolute Gasteiger partial charge is 0.374 e. The minimum absolute atomic E-state index is 0.0437. The maximum atomic E-state index is 14.7. The number of carbonyl (C=O) groups excluding carboxylic acids is 4. The topological polar surface area (TPSA) is 148 Å². The van der Waals surface area contributed by atoms with E-state index in [0.717, 1.165) is 65.0 Å². The van der Waals surface area contributed by atoms with Crippen LogP contribution in [-0.4, -0.2) is 171 Å². The van der Waals surface area contributed by atoms with E-state index in [9.17, 15) is 19.2 Å². The summed E-state index contributed by atoms with van der Waals surface area (Å²) in [6.07, 6.45) is 5.42. The van der Waals surface area contributed by atoms with Crippen molar-refractivity contribution in [3.05, 3.63) is 71.8 Å². The van der Waals surface area contributed by atoms with Gasteiger partial charge in [0.15, 0.2) is 0 Å². The standard InChI is InChI=1S/C48H72N8O6/c1-33(49-3)45(57)51-39-17-11-12-18-40(52-46(58)34(2)50-4)48(60)56-26-22-38-42(56)30-54(24-20-36-15-9-6-10-16-36)32-44(38)62-28-27-61-43-31-53(23-19-35-13-7-5-8-14-35)29-41-37(43)21-25-55(41)47(39)59/h5-10,13-16,33-34,37-44,49-50H,11-12,17-32H2,1-4H3,(H,51,57)(H,52,58)/t33-,34-,37+,38+,39-,40-,41+,42+,43?,44?/m0/s1. The molecule has 2 unspecified atom stereocenters. The molecule has 14 nitrogen and oxygen atoms in total. The van der Waals surface area contributed by atoms with Gasteiger partial charge in [-0.15, -0.1) is 0 Å². The molecular weight excluding hydrogens is 785 g/mol. The second-order valence-corrected chi connectivity index (χ2v) is 18.3. The number of likely N-dealkylation sites (N-methyl/N-ethyl adjacent to an activating group) is 2. The van der Waals surface area contributed by atoms with Crippen molar-refractivity contribution < 1.29 is 28.7 Å². The molecule has 5 fully saturated rings. The van der Waals surface area contributed by atoms with Crippen molar-refractivity contribution >= 4 is 23.6 Å². The average molecular weight is 857 g/mol. The summed E-state index contributed by atoms with van der Waals surface area (Å²) >= 11 is 0. The Morgan fingerprint density at radius 1 is 0.613 bits per heavy atom. The summed E-state index contributed by atoms with van der Waals surface area (Å²) in [6.45, 7) is 10.5. The minimum atomic E-state index is -0.719. The van der Waals surface area contributed by atoms with Gasteiger partial charge in [-0.1, -0.05) is 73.5 Å². The van der Waals surface area contributed by atoms with Crippen LogP contribution in [0.25, 0.3) is 0 Å². The monoisotopic (exact) mass is 857 g/mol. The van der Waals surface area contributed by atoms with Gasteiger partial charge in [-0.25, -0.2) is 0 Å². The lowest BCUT2D eigenvalue weighted by atomic mass is 9.88.